The fourth-order valence-corrected chi connectivity index (χ4v) is 2.66. The van der Waals surface area contributed by atoms with Crippen LogP contribution in [-0.2, 0) is 4.74 Å². The van der Waals surface area contributed by atoms with E-state index in [4.69, 9.17) is 9.47 Å². The summed E-state index contributed by atoms with van der Waals surface area (Å²) in [6, 6.07) is 2.20. The Balaban J connectivity index is 2.02. The second-order valence-electron chi connectivity index (χ2n) is 6.22. The zero-order chi connectivity index (χ0) is 15.5. The van der Waals surface area contributed by atoms with Crippen molar-refractivity contribution < 1.29 is 9.47 Å². The lowest BCUT2D eigenvalue weighted by molar-refractivity contribution is -0.0977. The van der Waals surface area contributed by atoms with E-state index in [0.29, 0.717) is 30.6 Å². The van der Waals surface area contributed by atoms with Crippen LogP contribution in [0, 0.1) is 12.3 Å². The van der Waals surface area contributed by atoms with Crippen LogP contribution in [0.25, 0.3) is 0 Å². The minimum Gasteiger partial charge on any atom is -0.478 e. The van der Waals surface area contributed by atoms with Gasteiger partial charge in [-0.2, -0.15) is 4.98 Å². The minimum atomic E-state index is 0.0908. The van der Waals surface area contributed by atoms with Gasteiger partial charge in [0.25, 0.3) is 0 Å². The monoisotopic (exact) mass is 293 g/mol. The summed E-state index contributed by atoms with van der Waals surface area (Å²) < 4.78 is 11.4. The van der Waals surface area contributed by atoms with Gasteiger partial charge in [0.2, 0.25) is 11.8 Å². The summed E-state index contributed by atoms with van der Waals surface area (Å²) in [5.74, 6) is 1.29. The number of rotatable bonds is 7. The lowest BCUT2D eigenvalue weighted by Gasteiger charge is -2.51. The molecule has 1 N–H and O–H groups in total. The van der Waals surface area contributed by atoms with Crippen molar-refractivity contribution in [3.8, 4) is 5.88 Å². The molecular formula is C16H27N3O2. The number of aryl methyl sites for hydroxylation is 1. The van der Waals surface area contributed by atoms with Crippen LogP contribution in [-0.4, -0.2) is 35.3 Å². The molecule has 0 aliphatic heterocycles. The van der Waals surface area contributed by atoms with Crippen molar-refractivity contribution in [1.82, 2.24) is 9.97 Å². The first kappa shape index (κ1) is 16.0. The molecule has 0 radical (unpaired) electrons. The van der Waals surface area contributed by atoms with E-state index in [1.807, 2.05) is 19.9 Å². The standard InChI is InChI=1S/C16H27N3O2/c1-6-8-21-14-9-11(3)17-15(19-14)18-12-10-13(20-7-2)16(12,4)5/h9,12-13H,6-8,10H2,1-5H3,(H,17,18,19). The van der Waals surface area contributed by atoms with E-state index < -0.39 is 0 Å². The second-order valence-corrected chi connectivity index (χ2v) is 6.22. The van der Waals surface area contributed by atoms with Crippen molar-refractivity contribution in [2.75, 3.05) is 18.5 Å². The van der Waals surface area contributed by atoms with Crippen LogP contribution in [0.3, 0.4) is 0 Å². The van der Waals surface area contributed by atoms with Gasteiger partial charge in [-0.05, 0) is 26.7 Å². The Morgan fingerprint density at radius 2 is 2.10 bits per heavy atom. The van der Waals surface area contributed by atoms with Crippen LogP contribution >= 0.6 is 0 Å². The van der Waals surface area contributed by atoms with E-state index in [1.54, 1.807) is 0 Å². The molecule has 5 nitrogen and oxygen atoms in total. The summed E-state index contributed by atoms with van der Waals surface area (Å²) in [6.45, 7) is 12.0. The molecule has 2 rings (SSSR count). The highest BCUT2D eigenvalue weighted by Crippen LogP contribution is 2.44. The van der Waals surface area contributed by atoms with Crippen LogP contribution in [0.4, 0.5) is 5.95 Å². The molecule has 1 heterocycles. The first-order chi connectivity index (χ1) is 9.97. The predicted molar refractivity (Wildman–Crippen MR) is 83.8 cm³/mol. The van der Waals surface area contributed by atoms with E-state index >= 15 is 0 Å². The molecule has 0 saturated heterocycles. The highest BCUT2D eigenvalue weighted by molar-refractivity contribution is 5.34. The number of nitrogens with zero attached hydrogens (tertiary/aromatic N) is 2. The van der Waals surface area contributed by atoms with Gasteiger partial charge in [0.05, 0.1) is 12.7 Å². The Labute approximate surface area is 127 Å². The molecule has 2 atom stereocenters. The molecule has 1 aliphatic carbocycles. The lowest BCUT2D eigenvalue weighted by atomic mass is 9.64. The zero-order valence-electron chi connectivity index (χ0n) is 13.8. The molecule has 1 aromatic rings. The molecule has 21 heavy (non-hydrogen) atoms. The molecule has 0 bridgehead atoms. The number of hydrogen-bond donors (Lipinski definition) is 1. The number of ether oxygens (including phenoxy) is 2. The Morgan fingerprint density at radius 1 is 1.33 bits per heavy atom. The summed E-state index contributed by atoms with van der Waals surface area (Å²) in [7, 11) is 0. The molecule has 1 fully saturated rings. The summed E-state index contributed by atoms with van der Waals surface area (Å²) in [5.41, 5.74) is 1.00. The fourth-order valence-electron chi connectivity index (χ4n) is 2.66. The molecule has 0 spiro atoms. The molecule has 5 heteroatoms. The molecule has 0 amide bonds. The van der Waals surface area contributed by atoms with E-state index in [9.17, 15) is 0 Å². The molecule has 1 aromatic heterocycles. The van der Waals surface area contributed by atoms with Gasteiger partial charge in [-0.1, -0.05) is 20.8 Å². The quantitative estimate of drug-likeness (QED) is 0.836. The van der Waals surface area contributed by atoms with Crippen molar-refractivity contribution >= 4 is 5.95 Å². The molecule has 0 aromatic carbocycles. The summed E-state index contributed by atoms with van der Waals surface area (Å²) >= 11 is 0. The number of anilines is 1. The number of nitrogens with one attached hydrogen (secondary N) is 1. The van der Waals surface area contributed by atoms with Crippen LogP contribution in [0.2, 0.25) is 0 Å². The van der Waals surface area contributed by atoms with Gasteiger partial charge in [-0.15, -0.1) is 0 Å². The van der Waals surface area contributed by atoms with E-state index in [0.717, 1.165) is 25.1 Å². The Kier molecular flexibility index (Phi) is 5.04. The fraction of sp³-hybridized carbons (Fsp3) is 0.750. The minimum absolute atomic E-state index is 0.0908. The third kappa shape index (κ3) is 3.64. The highest BCUT2D eigenvalue weighted by Gasteiger charge is 2.49. The van der Waals surface area contributed by atoms with Gasteiger partial charge in [-0.25, -0.2) is 4.98 Å². The average molecular weight is 293 g/mol. The van der Waals surface area contributed by atoms with Crippen molar-refractivity contribution in [3.63, 3.8) is 0 Å². The molecular weight excluding hydrogens is 266 g/mol. The highest BCUT2D eigenvalue weighted by atomic mass is 16.5. The topological polar surface area (TPSA) is 56.3 Å². The number of hydrogen-bond acceptors (Lipinski definition) is 5. The van der Waals surface area contributed by atoms with E-state index in [-0.39, 0.29) is 5.41 Å². The maximum atomic E-state index is 5.76. The normalized spacial score (nSPS) is 23.5. The van der Waals surface area contributed by atoms with Crippen molar-refractivity contribution in [1.29, 1.82) is 0 Å². The second kappa shape index (κ2) is 6.60. The molecule has 118 valence electrons. The van der Waals surface area contributed by atoms with E-state index in [1.165, 1.54) is 0 Å². The summed E-state index contributed by atoms with van der Waals surface area (Å²) in [4.78, 5) is 8.90. The van der Waals surface area contributed by atoms with Gasteiger partial charge >= 0.3 is 0 Å². The van der Waals surface area contributed by atoms with Gasteiger partial charge < -0.3 is 14.8 Å². The molecule has 2 unspecified atom stereocenters. The lowest BCUT2D eigenvalue weighted by Crippen LogP contribution is -2.58. The maximum absolute atomic E-state index is 5.76. The van der Waals surface area contributed by atoms with Gasteiger partial charge in [0.15, 0.2) is 0 Å². The van der Waals surface area contributed by atoms with Crippen LogP contribution < -0.4 is 10.1 Å². The Hall–Kier alpha value is -1.36. The van der Waals surface area contributed by atoms with Crippen molar-refractivity contribution in [2.24, 2.45) is 5.41 Å². The first-order valence-corrected chi connectivity index (χ1v) is 7.84. The Morgan fingerprint density at radius 3 is 2.71 bits per heavy atom. The average Bonchev–Trinajstić information content (AvgIpc) is 2.43. The van der Waals surface area contributed by atoms with Crippen LogP contribution in [0.1, 0.15) is 46.2 Å². The van der Waals surface area contributed by atoms with Crippen LogP contribution in [0.5, 0.6) is 5.88 Å². The van der Waals surface area contributed by atoms with Crippen molar-refractivity contribution in [2.45, 2.75) is 59.6 Å². The third-order valence-electron chi connectivity index (χ3n) is 4.13. The maximum Gasteiger partial charge on any atom is 0.226 e. The van der Waals surface area contributed by atoms with Gasteiger partial charge in [0.1, 0.15) is 0 Å². The zero-order valence-corrected chi connectivity index (χ0v) is 13.8. The third-order valence-corrected chi connectivity index (χ3v) is 4.13. The van der Waals surface area contributed by atoms with E-state index in [2.05, 4.69) is 36.1 Å². The summed E-state index contributed by atoms with van der Waals surface area (Å²) in [5, 5.41) is 3.43. The molecule has 1 saturated carbocycles. The first-order valence-electron chi connectivity index (χ1n) is 7.84. The summed E-state index contributed by atoms with van der Waals surface area (Å²) in [6.07, 6.45) is 2.27. The van der Waals surface area contributed by atoms with Crippen LogP contribution in [0.15, 0.2) is 6.07 Å². The smallest absolute Gasteiger partial charge is 0.226 e. The SMILES string of the molecule is CCCOc1cc(C)nc(NC2CC(OCC)C2(C)C)n1. The van der Waals surface area contributed by atoms with Gasteiger partial charge in [0, 0.05) is 29.8 Å². The predicted octanol–water partition coefficient (Wildman–Crippen LogP) is 3.19. The molecule has 1 aliphatic rings. The Bertz CT molecular complexity index is 477. The number of aromatic nitrogens is 2. The van der Waals surface area contributed by atoms with Crippen molar-refractivity contribution in [3.05, 3.63) is 11.8 Å². The van der Waals surface area contributed by atoms with Gasteiger partial charge in [-0.3, -0.25) is 0 Å². The largest absolute Gasteiger partial charge is 0.478 e.